The summed E-state index contributed by atoms with van der Waals surface area (Å²) in [5, 5.41) is 10.7. The molecule has 0 bridgehead atoms. The maximum atomic E-state index is 7.30. The highest BCUT2D eigenvalue weighted by molar-refractivity contribution is 5.90. The fourth-order valence-electron chi connectivity index (χ4n) is 1.53. The molecule has 0 aromatic heterocycles. The van der Waals surface area contributed by atoms with E-state index < -0.39 is 0 Å². The summed E-state index contributed by atoms with van der Waals surface area (Å²) in [6, 6.07) is 0.532. The fraction of sp³-hybridized carbons (Fsp3) is 0.700. The molecule has 1 aliphatic heterocycles. The van der Waals surface area contributed by atoms with Gasteiger partial charge in [-0.15, -0.1) is 0 Å². The Morgan fingerprint density at radius 2 is 2.00 bits per heavy atom. The van der Waals surface area contributed by atoms with Crippen molar-refractivity contribution < 1.29 is 4.74 Å². The van der Waals surface area contributed by atoms with E-state index in [0.717, 1.165) is 31.8 Å². The lowest BCUT2D eigenvalue weighted by Gasteiger charge is -2.24. The van der Waals surface area contributed by atoms with E-state index in [1.165, 1.54) is 0 Å². The van der Waals surface area contributed by atoms with Gasteiger partial charge in [0.1, 0.15) is 0 Å². The number of rotatable bonds is 3. The van der Waals surface area contributed by atoms with Crippen molar-refractivity contribution in [1.82, 2.24) is 5.32 Å². The van der Waals surface area contributed by atoms with Crippen LogP contribution in [0, 0.1) is 5.41 Å². The topological polar surface area (TPSA) is 45.1 Å². The third-order valence-electron chi connectivity index (χ3n) is 2.09. The number of allylic oxidation sites excluding steroid dienone is 2. The molecule has 0 amide bonds. The van der Waals surface area contributed by atoms with Crippen LogP contribution in [0.4, 0.5) is 0 Å². The van der Waals surface area contributed by atoms with Crippen molar-refractivity contribution in [1.29, 1.82) is 5.41 Å². The largest absolute Gasteiger partial charge is 0.386 e. The van der Waals surface area contributed by atoms with Gasteiger partial charge in [0, 0.05) is 30.7 Å². The third-order valence-corrected chi connectivity index (χ3v) is 2.09. The SMILES string of the molecule is CC(=N)/C=C(/C)NC1CCOCC1. The Kier molecular flexibility index (Phi) is 3.96. The van der Waals surface area contributed by atoms with Gasteiger partial charge in [0.25, 0.3) is 0 Å². The number of hydrogen-bond donors (Lipinski definition) is 2. The van der Waals surface area contributed by atoms with Crippen LogP contribution >= 0.6 is 0 Å². The summed E-state index contributed by atoms with van der Waals surface area (Å²) in [6.45, 7) is 5.51. The normalized spacial score (nSPS) is 20.0. The molecule has 0 unspecified atom stereocenters. The van der Waals surface area contributed by atoms with E-state index in [-0.39, 0.29) is 0 Å². The Morgan fingerprint density at radius 3 is 2.54 bits per heavy atom. The number of hydrogen-bond acceptors (Lipinski definition) is 3. The van der Waals surface area contributed by atoms with E-state index in [9.17, 15) is 0 Å². The predicted octanol–water partition coefficient (Wildman–Crippen LogP) is 1.70. The van der Waals surface area contributed by atoms with Crippen LogP contribution in [0.1, 0.15) is 26.7 Å². The minimum absolute atomic E-state index is 0.532. The second kappa shape index (κ2) is 5.02. The van der Waals surface area contributed by atoms with E-state index in [2.05, 4.69) is 5.32 Å². The van der Waals surface area contributed by atoms with Gasteiger partial charge in [-0.25, -0.2) is 0 Å². The molecule has 0 atom stereocenters. The van der Waals surface area contributed by atoms with E-state index in [1.54, 1.807) is 6.92 Å². The summed E-state index contributed by atoms with van der Waals surface area (Å²) in [4.78, 5) is 0. The molecule has 1 saturated heterocycles. The standard InChI is InChI=1S/C10H18N2O/c1-8(11)7-9(2)12-10-3-5-13-6-4-10/h7,10-12H,3-6H2,1-2H3/b9-7-,11-8?. The van der Waals surface area contributed by atoms with Gasteiger partial charge in [0.05, 0.1) is 0 Å². The summed E-state index contributed by atoms with van der Waals surface area (Å²) in [7, 11) is 0. The second-order valence-electron chi connectivity index (χ2n) is 3.54. The van der Waals surface area contributed by atoms with Gasteiger partial charge in [0.2, 0.25) is 0 Å². The first kappa shape index (κ1) is 10.3. The van der Waals surface area contributed by atoms with Crippen LogP contribution in [0.5, 0.6) is 0 Å². The van der Waals surface area contributed by atoms with E-state index in [0.29, 0.717) is 11.8 Å². The van der Waals surface area contributed by atoms with E-state index in [4.69, 9.17) is 10.1 Å². The van der Waals surface area contributed by atoms with Gasteiger partial charge in [-0.2, -0.15) is 0 Å². The molecule has 0 aliphatic carbocycles. The van der Waals surface area contributed by atoms with Crippen LogP contribution in [0.3, 0.4) is 0 Å². The summed E-state index contributed by atoms with van der Waals surface area (Å²) in [5.41, 5.74) is 1.68. The first-order valence-corrected chi connectivity index (χ1v) is 4.76. The molecule has 0 radical (unpaired) electrons. The predicted molar refractivity (Wildman–Crippen MR) is 54.1 cm³/mol. The minimum Gasteiger partial charge on any atom is -0.386 e. The quantitative estimate of drug-likeness (QED) is 0.652. The molecule has 1 heterocycles. The van der Waals surface area contributed by atoms with Gasteiger partial charge in [-0.1, -0.05) is 0 Å². The molecule has 0 saturated carbocycles. The monoisotopic (exact) mass is 182 g/mol. The number of nitrogens with one attached hydrogen (secondary N) is 2. The lowest BCUT2D eigenvalue weighted by molar-refractivity contribution is 0.0804. The molecule has 0 spiro atoms. The summed E-state index contributed by atoms with van der Waals surface area (Å²) >= 11 is 0. The summed E-state index contributed by atoms with van der Waals surface area (Å²) in [5.74, 6) is 0. The molecule has 1 rings (SSSR count). The van der Waals surface area contributed by atoms with Gasteiger partial charge < -0.3 is 15.5 Å². The van der Waals surface area contributed by atoms with Crippen molar-refractivity contribution in [2.45, 2.75) is 32.7 Å². The maximum Gasteiger partial charge on any atom is 0.0485 e. The molecule has 13 heavy (non-hydrogen) atoms. The minimum atomic E-state index is 0.532. The zero-order valence-corrected chi connectivity index (χ0v) is 8.39. The molecule has 1 fully saturated rings. The van der Waals surface area contributed by atoms with Gasteiger partial charge in [0.15, 0.2) is 0 Å². The molecule has 2 N–H and O–H groups in total. The molecule has 3 nitrogen and oxygen atoms in total. The van der Waals surface area contributed by atoms with E-state index in [1.807, 2.05) is 13.0 Å². The first-order valence-electron chi connectivity index (χ1n) is 4.76. The molecule has 74 valence electrons. The first-order chi connectivity index (χ1) is 6.18. The van der Waals surface area contributed by atoms with Crippen molar-refractivity contribution in [2.75, 3.05) is 13.2 Å². The fourth-order valence-corrected chi connectivity index (χ4v) is 1.53. The highest BCUT2D eigenvalue weighted by Gasteiger charge is 2.12. The van der Waals surface area contributed by atoms with Crippen LogP contribution in [0.2, 0.25) is 0 Å². The zero-order valence-electron chi connectivity index (χ0n) is 8.39. The molecule has 0 aromatic rings. The second-order valence-corrected chi connectivity index (χ2v) is 3.54. The Labute approximate surface area is 79.7 Å². The molecular weight excluding hydrogens is 164 g/mol. The molecule has 3 heteroatoms. The van der Waals surface area contributed by atoms with Crippen molar-refractivity contribution in [3.8, 4) is 0 Å². The van der Waals surface area contributed by atoms with Crippen molar-refractivity contribution in [2.24, 2.45) is 0 Å². The highest BCUT2D eigenvalue weighted by atomic mass is 16.5. The van der Waals surface area contributed by atoms with E-state index >= 15 is 0 Å². The Hall–Kier alpha value is -0.830. The number of ether oxygens (including phenoxy) is 1. The lowest BCUT2D eigenvalue weighted by atomic mass is 10.1. The molecular formula is C10H18N2O. The lowest BCUT2D eigenvalue weighted by Crippen LogP contribution is -2.33. The Bertz CT molecular complexity index is 205. The average Bonchev–Trinajstić information content (AvgIpc) is 2.04. The van der Waals surface area contributed by atoms with Gasteiger partial charge >= 0.3 is 0 Å². The maximum absolute atomic E-state index is 7.30. The highest BCUT2D eigenvalue weighted by Crippen LogP contribution is 2.07. The van der Waals surface area contributed by atoms with Crippen LogP contribution in [-0.4, -0.2) is 25.0 Å². The smallest absolute Gasteiger partial charge is 0.0485 e. The summed E-state index contributed by atoms with van der Waals surface area (Å²) < 4.78 is 5.26. The molecule has 1 aliphatic rings. The van der Waals surface area contributed by atoms with Crippen molar-refractivity contribution >= 4 is 5.71 Å². The Balaban J connectivity index is 2.33. The van der Waals surface area contributed by atoms with Crippen molar-refractivity contribution in [3.05, 3.63) is 11.8 Å². The van der Waals surface area contributed by atoms with Crippen LogP contribution < -0.4 is 5.32 Å². The molecule has 0 aromatic carbocycles. The third kappa shape index (κ3) is 4.08. The zero-order chi connectivity index (χ0) is 9.68. The van der Waals surface area contributed by atoms with Crippen LogP contribution in [0.15, 0.2) is 11.8 Å². The van der Waals surface area contributed by atoms with Crippen molar-refractivity contribution in [3.63, 3.8) is 0 Å². The summed E-state index contributed by atoms with van der Waals surface area (Å²) in [6.07, 6.45) is 4.00. The van der Waals surface area contributed by atoms with Gasteiger partial charge in [-0.05, 0) is 32.8 Å². The van der Waals surface area contributed by atoms with Crippen LogP contribution in [0.25, 0.3) is 0 Å². The average molecular weight is 182 g/mol. The van der Waals surface area contributed by atoms with Crippen LogP contribution in [-0.2, 0) is 4.74 Å². The Morgan fingerprint density at radius 1 is 1.38 bits per heavy atom. The van der Waals surface area contributed by atoms with Gasteiger partial charge in [-0.3, -0.25) is 0 Å².